The zero-order valence-corrected chi connectivity index (χ0v) is 21.4. The molecule has 0 unspecified atom stereocenters. The second kappa shape index (κ2) is 16.2. The zero-order chi connectivity index (χ0) is 25.2. The fourth-order valence-corrected chi connectivity index (χ4v) is 4.41. The van der Waals surface area contributed by atoms with Crippen molar-refractivity contribution < 1.29 is 52.6 Å². The molecule has 0 saturated carbocycles. The van der Waals surface area contributed by atoms with Gasteiger partial charge in [-0.3, -0.25) is 9.59 Å². The van der Waals surface area contributed by atoms with Crippen LogP contribution in [-0.2, 0) is 14.3 Å². The molecule has 2 saturated heterocycles. The Kier molecular flexibility index (Phi) is 14.1. The summed E-state index contributed by atoms with van der Waals surface area (Å²) >= 11 is 0. The molecule has 2 aliphatic rings. The Bertz CT molecular complexity index is 953. The molecule has 2 aromatic heterocycles. The van der Waals surface area contributed by atoms with Gasteiger partial charge in [0.2, 0.25) is 0 Å². The molecule has 12 heteroatoms. The molecule has 0 spiro atoms. The summed E-state index contributed by atoms with van der Waals surface area (Å²) < 4.78 is 30.2. The van der Waals surface area contributed by atoms with E-state index in [9.17, 15) is 18.4 Å². The molecule has 9 nitrogen and oxygen atoms in total. The van der Waals surface area contributed by atoms with Gasteiger partial charge in [0.25, 0.3) is 0 Å². The normalized spacial score (nSPS) is 16.0. The molecule has 0 aromatic carbocycles. The third-order valence-electron chi connectivity index (χ3n) is 6.45. The first-order chi connectivity index (χ1) is 16.8. The minimum absolute atomic E-state index is 0. The van der Waals surface area contributed by atoms with Crippen molar-refractivity contribution in [1.29, 1.82) is 0 Å². The van der Waals surface area contributed by atoms with Crippen molar-refractivity contribution in [2.24, 2.45) is 11.8 Å². The number of halogens is 2. The third-order valence-corrected chi connectivity index (χ3v) is 6.45. The van der Waals surface area contributed by atoms with Gasteiger partial charge >= 0.3 is 30.8 Å². The minimum Gasteiger partial charge on any atom is -0.870 e. The van der Waals surface area contributed by atoms with Crippen LogP contribution in [0.1, 0.15) is 38.5 Å². The summed E-state index contributed by atoms with van der Waals surface area (Å²) in [6, 6.07) is 6.16. The van der Waals surface area contributed by atoms with Crippen molar-refractivity contribution >= 4 is 23.6 Å². The first kappa shape index (κ1) is 32.3. The molecule has 2 fully saturated rings. The van der Waals surface area contributed by atoms with Crippen LogP contribution >= 0.6 is 0 Å². The number of aliphatic carboxylic acids is 1. The average molecular weight is 514 g/mol. The number of carboxylic acids is 1. The maximum Gasteiger partial charge on any atom is 1.00 e. The maximum atomic E-state index is 12.8. The number of ether oxygens (including phenoxy) is 1. The molecule has 4 rings (SSSR count). The second-order valence-corrected chi connectivity index (χ2v) is 8.91. The number of carbonyl (C=O) groups excluding carboxylic acids is 1. The second-order valence-electron chi connectivity index (χ2n) is 8.91. The van der Waals surface area contributed by atoms with E-state index in [0.29, 0.717) is 12.3 Å². The Morgan fingerprint density at radius 1 is 0.865 bits per heavy atom. The van der Waals surface area contributed by atoms with Gasteiger partial charge in [-0.05, 0) is 61.8 Å². The number of esters is 1. The Morgan fingerprint density at radius 3 is 1.59 bits per heavy atom. The molecule has 2 N–H and O–H groups in total. The molecule has 0 atom stereocenters. The molecule has 2 aromatic rings. The van der Waals surface area contributed by atoms with E-state index >= 15 is 0 Å². The summed E-state index contributed by atoms with van der Waals surface area (Å²) in [6.45, 7) is 3.27. The van der Waals surface area contributed by atoms with Crippen molar-refractivity contribution in [2.45, 2.75) is 38.5 Å². The Morgan fingerprint density at radius 2 is 1.27 bits per heavy atom. The monoisotopic (exact) mass is 514 g/mol. The van der Waals surface area contributed by atoms with E-state index < -0.39 is 5.97 Å². The average Bonchev–Trinajstić information content (AvgIpc) is 2.86. The Hall–Kier alpha value is -2.74. The largest absolute Gasteiger partial charge is 1.00 e. The predicted octanol–water partition coefficient (Wildman–Crippen LogP) is 0.739. The van der Waals surface area contributed by atoms with Crippen LogP contribution in [0.2, 0.25) is 0 Å². The van der Waals surface area contributed by atoms with Gasteiger partial charge in [-0.15, -0.1) is 0 Å². The fraction of sp³-hybridized carbons (Fsp3) is 0.520. The van der Waals surface area contributed by atoms with E-state index in [2.05, 4.69) is 24.5 Å². The molecule has 0 radical (unpaired) electrons. The quantitative estimate of drug-likeness (QED) is 0.439. The van der Waals surface area contributed by atoms with Crippen molar-refractivity contribution in [1.82, 2.24) is 9.97 Å². The van der Waals surface area contributed by atoms with Gasteiger partial charge in [0.15, 0.2) is 0 Å². The standard InChI is InChI=1S/C13H17FN2O2.C12H15FN2O2.Li.H2O/c1-18-13(17)8-10-4-6-16(7-5-10)12-3-2-11(14)9-15-12;13-10-1-2-11(14-8-10)15-5-3-9(4-6-15)7-12(16)17;;/h2-3,9-10H,4-8H2,1H3;1-2,8-9H,3-7H2,(H,16,17);;1H2/q;;+1;/p-1. The summed E-state index contributed by atoms with van der Waals surface area (Å²) in [4.78, 5) is 34.0. The van der Waals surface area contributed by atoms with Crippen LogP contribution in [0, 0.1) is 23.5 Å². The predicted molar refractivity (Wildman–Crippen MR) is 129 cm³/mol. The summed E-state index contributed by atoms with van der Waals surface area (Å²) in [7, 11) is 1.42. The maximum absolute atomic E-state index is 12.8. The van der Waals surface area contributed by atoms with Crippen LogP contribution in [0.4, 0.5) is 20.4 Å². The molecule has 4 heterocycles. The summed E-state index contributed by atoms with van der Waals surface area (Å²) in [5.74, 6) is 0.664. The number of pyridine rings is 2. The van der Waals surface area contributed by atoms with Crippen LogP contribution in [0.3, 0.4) is 0 Å². The molecule has 198 valence electrons. The van der Waals surface area contributed by atoms with Gasteiger partial charge < -0.3 is 25.1 Å². The number of methoxy groups -OCH3 is 1. The van der Waals surface area contributed by atoms with Crippen molar-refractivity contribution in [3.05, 3.63) is 48.3 Å². The van der Waals surface area contributed by atoms with Crippen molar-refractivity contribution in [3.8, 4) is 0 Å². The van der Waals surface area contributed by atoms with E-state index in [1.165, 1.54) is 31.6 Å². The number of nitrogens with zero attached hydrogens (tertiary/aromatic N) is 4. The molecule has 0 amide bonds. The van der Waals surface area contributed by atoms with Crippen LogP contribution in [-0.4, -0.2) is 65.8 Å². The number of aromatic nitrogens is 2. The minimum atomic E-state index is -0.733. The summed E-state index contributed by atoms with van der Waals surface area (Å²) in [5.41, 5.74) is 0. The first-order valence-electron chi connectivity index (χ1n) is 11.9. The fourth-order valence-electron chi connectivity index (χ4n) is 4.41. The molecule has 0 aliphatic carbocycles. The number of piperidine rings is 2. The molecular formula is C25H33F2LiN4O5. The van der Waals surface area contributed by atoms with Crippen LogP contribution in [0.15, 0.2) is 36.7 Å². The number of carbonyl (C=O) groups is 2. The van der Waals surface area contributed by atoms with Gasteiger partial charge in [-0.2, -0.15) is 0 Å². The summed E-state index contributed by atoms with van der Waals surface area (Å²) in [6.07, 6.45) is 6.75. The molecule has 0 bridgehead atoms. The van der Waals surface area contributed by atoms with E-state index in [0.717, 1.165) is 63.5 Å². The number of carboxylic acid groups (broad SMARTS) is 1. The first-order valence-corrected chi connectivity index (χ1v) is 11.9. The van der Waals surface area contributed by atoms with E-state index in [-0.39, 0.29) is 54.3 Å². The van der Waals surface area contributed by atoms with Crippen LogP contribution in [0.25, 0.3) is 0 Å². The van der Waals surface area contributed by atoms with Crippen LogP contribution < -0.4 is 28.7 Å². The van der Waals surface area contributed by atoms with E-state index in [4.69, 9.17) is 5.11 Å². The number of anilines is 2. The molecule has 37 heavy (non-hydrogen) atoms. The van der Waals surface area contributed by atoms with Gasteiger partial charge in [0, 0.05) is 39.0 Å². The topological polar surface area (TPSA) is 126 Å². The van der Waals surface area contributed by atoms with Gasteiger partial charge in [0.1, 0.15) is 23.3 Å². The number of hydrogen-bond donors (Lipinski definition) is 1. The van der Waals surface area contributed by atoms with Crippen molar-refractivity contribution in [2.75, 3.05) is 43.1 Å². The SMILES string of the molecule is COC(=O)CC1CCN(c2ccc(F)cn2)CC1.O=C(O)CC1CCN(c2ccc(F)cn2)CC1.[Li+].[OH-]. The smallest absolute Gasteiger partial charge is 0.870 e. The van der Waals surface area contributed by atoms with Gasteiger partial charge in [0.05, 0.1) is 19.5 Å². The number of rotatable bonds is 6. The van der Waals surface area contributed by atoms with Gasteiger partial charge in [-0.25, -0.2) is 18.7 Å². The molecular weight excluding hydrogens is 481 g/mol. The molecule has 2 aliphatic heterocycles. The van der Waals surface area contributed by atoms with E-state index in [1.807, 2.05) is 0 Å². The van der Waals surface area contributed by atoms with Crippen LogP contribution in [0.5, 0.6) is 0 Å². The van der Waals surface area contributed by atoms with Crippen molar-refractivity contribution in [3.63, 3.8) is 0 Å². The van der Waals surface area contributed by atoms with E-state index in [1.54, 1.807) is 12.1 Å². The number of hydrogen-bond acceptors (Lipinski definition) is 8. The summed E-state index contributed by atoms with van der Waals surface area (Å²) in [5, 5.41) is 8.71. The zero-order valence-electron chi connectivity index (χ0n) is 21.4. The third kappa shape index (κ3) is 10.6. The Labute approximate surface area is 227 Å². The van der Waals surface area contributed by atoms with Gasteiger partial charge in [-0.1, -0.05) is 0 Å². The Balaban J connectivity index is 0.000000351.